The average molecular weight is 285 g/mol. The summed E-state index contributed by atoms with van der Waals surface area (Å²) in [5.74, 6) is 0.554. The molecule has 1 unspecified atom stereocenters. The van der Waals surface area contributed by atoms with Crippen molar-refractivity contribution in [1.29, 1.82) is 0 Å². The minimum absolute atomic E-state index is 0.249. The van der Waals surface area contributed by atoms with Gasteiger partial charge in [-0.05, 0) is 32.0 Å². The Kier molecular flexibility index (Phi) is 4.04. The average Bonchev–Trinajstić information content (AvgIpc) is 2.70. The van der Waals surface area contributed by atoms with Crippen LogP contribution in [0.4, 0.5) is 5.13 Å². The lowest BCUT2D eigenvalue weighted by atomic mass is 10.3. The van der Waals surface area contributed by atoms with E-state index in [1.54, 1.807) is 6.92 Å². The van der Waals surface area contributed by atoms with Crippen molar-refractivity contribution >= 4 is 44.2 Å². The predicted octanol–water partition coefficient (Wildman–Crippen LogP) is 3.26. The summed E-state index contributed by atoms with van der Waals surface area (Å²) < 4.78 is 6.38. The van der Waals surface area contributed by atoms with Gasteiger partial charge in [0.05, 0.1) is 16.8 Å². The van der Waals surface area contributed by atoms with Crippen molar-refractivity contribution < 1.29 is 9.53 Å². The molecule has 1 amide bonds. The van der Waals surface area contributed by atoms with Gasteiger partial charge in [-0.1, -0.05) is 11.3 Å². The Morgan fingerprint density at radius 1 is 1.61 bits per heavy atom. The Balaban J connectivity index is 2.24. The Morgan fingerprint density at radius 2 is 2.39 bits per heavy atom. The van der Waals surface area contributed by atoms with Crippen molar-refractivity contribution in [3.05, 3.63) is 18.2 Å². The van der Waals surface area contributed by atoms with Crippen LogP contribution in [0, 0.1) is 0 Å². The molecule has 0 aliphatic rings. The number of fused-ring (bicyclic) bond motifs is 1. The number of ether oxygens (including phenoxy) is 1. The third-order valence-electron chi connectivity index (χ3n) is 2.26. The number of rotatable bonds is 4. The normalized spacial score (nSPS) is 12.4. The van der Waals surface area contributed by atoms with Crippen LogP contribution in [0.15, 0.2) is 18.2 Å². The highest BCUT2D eigenvalue weighted by molar-refractivity contribution is 7.22. The molecule has 1 aromatic heterocycles. The SMILES string of the molecule is CCOc1ccc2nc(NC(=O)C(C)Cl)sc2c1. The van der Waals surface area contributed by atoms with Crippen molar-refractivity contribution in [3.63, 3.8) is 0 Å². The molecular weight excluding hydrogens is 272 g/mol. The first-order chi connectivity index (χ1) is 8.60. The van der Waals surface area contributed by atoms with Crippen LogP contribution in [0.2, 0.25) is 0 Å². The van der Waals surface area contributed by atoms with E-state index in [4.69, 9.17) is 16.3 Å². The van der Waals surface area contributed by atoms with Gasteiger partial charge in [0.1, 0.15) is 11.1 Å². The zero-order chi connectivity index (χ0) is 13.1. The van der Waals surface area contributed by atoms with Crippen LogP contribution in [-0.2, 0) is 4.79 Å². The molecule has 0 fully saturated rings. The molecule has 1 atom stereocenters. The van der Waals surface area contributed by atoms with E-state index in [0.29, 0.717) is 11.7 Å². The summed E-state index contributed by atoms with van der Waals surface area (Å²) in [7, 11) is 0. The van der Waals surface area contributed by atoms with Gasteiger partial charge in [-0.25, -0.2) is 4.98 Å². The van der Waals surface area contributed by atoms with Crippen LogP contribution in [0.5, 0.6) is 5.75 Å². The van der Waals surface area contributed by atoms with Crippen LogP contribution in [0.25, 0.3) is 10.2 Å². The number of anilines is 1. The number of nitrogens with zero attached hydrogens (tertiary/aromatic N) is 1. The number of alkyl halides is 1. The van der Waals surface area contributed by atoms with Gasteiger partial charge in [-0.15, -0.1) is 11.6 Å². The molecule has 18 heavy (non-hydrogen) atoms. The number of carbonyl (C=O) groups is 1. The number of benzene rings is 1. The van der Waals surface area contributed by atoms with Crippen LogP contribution >= 0.6 is 22.9 Å². The molecule has 0 aliphatic carbocycles. The zero-order valence-electron chi connectivity index (χ0n) is 10.1. The number of hydrogen-bond donors (Lipinski definition) is 1. The van der Waals surface area contributed by atoms with Crippen LogP contribution in [0.3, 0.4) is 0 Å². The number of amides is 1. The fourth-order valence-electron chi connectivity index (χ4n) is 1.42. The van der Waals surface area contributed by atoms with Gasteiger partial charge in [0.15, 0.2) is 5.13 Å². The molecule has 1 N–H and O–H groups in total. The van der Waals surface area contributed by atoms with Crippen LogP contribution < -0.4 is 10.1 Å². The van der Waals surface area contributed by atoms with E-state index >= 15 is 0 Å². The lowest BCUT2D eigenvalue weighted by Crippen LogP contribution is -2.19. The van der Waals surface area contributed by atoms with Crippen LogP contribution in [-0.4, -0.2) is 22.9 Å². The molecule has 1 aromatic carbocycles. The summed E-state index contributed by atoms with van der Waals surface area (Å²) in [4.78, 5) is 15.8. The number of nitrogens with one attached hydrogen (secondary N) is 1. The lowest BCUT2D eigenvalue weighted by molar-refractivity contribution is -0.115. The van der Waals surface area contributed by atoms with Gasteiger partial charge in [0, 0.05) is 0 Å². The van der Waals surface area contributed by atoms with Gasteiger partial charge in [-0.2, -0.15) is 0 Å². The number of hydrogen-bond acceptors (Lipinski definition) is 4. The molecule has 96 valence electrons. The van der Waals surface area contributed by atoms with Gasteiger partial charge >= 0.3 is 0 Å². The monoisotopic (exact) mass is 284 g/mol. The Morgan fingerprint density at radius 3 is 3.06 bits per heavy atom. The summed E-state index contributed by atoms with van der Waals surface area (Å²) >= 11 is 7.09. The third kappa shape index (κ3) is 2.91. The second-order valence-corrected chi connectivity index (χ2v) is 5.37. The molecule has 2 aromatic rings. The molecule has 2 rings (SSSR count). The Bertz CT molecular complexity index is 568. The summed E-state index contributed by atoms with van der Waals surface area (Å²) in [5.41, 5.74) is 0.834. The van der Waals surface area contributed by atoms with Crippen molar-refractivity contribution in [1.82, 2.24) is 4.98 Å². The van der Waals surface area contributed by atoms with Gasteiger partial charge in [0.25, 0.3) is 0 Å². The molecule has 6 heteroatoms. The molecule has 0 spiro atoms. The highest BCUT2D eigenvalue weighted by atomic mass is 35.5. The molecule has 0 bridgehead atoms. The van der Waals surface area contributed by atoms with Crippen LogP contribution in [0.1, 0.15) is 13.8 Å². The molecule has 1 heterocycles. The number of thiazole rings is 1. The maximum Gasteiger partial charge on any atom is 0.243 e. The first kappa shape index (κ1) is 13.1. The summed E-state index contributed by atoms with van der Waals surface area (Å²) in [6.07, 6.45) is 0. The van der Waals surface area contributed by atoms with E-state index in [9.17, 15) is 4.79 Å². The van der Waals surface area contributed by atoms with E-state index in [2.05, 4.69) is 10.3 Å². The highest BCUT2D eigenvalue weighted by Crippen LogP contribution is 2.29. The first-order valence-electron chi connectivity index (χ1n) is 5.58. The van der Waals surface area contributed by atoms with Crippen molar-refractivity contribution in [2.75, 3.05) is 11.9 Å². The fourth-order valence-corrected chi connectivity index (χ4v) is 2.37. The quantitative estimate of drug-likeness (QED) is 0.877. The lowest BCUT2D eigenvalue weighted by Gasteiger charge is -2.01. The molecule has 0 radical (unpaired) electrons. The largest absolute Gasteiger partial charge is 0.494 e. The number of carbonyl (C=O) groups excluding carboxylic acids is 1. The first-order valence-corrected chi connectivity index (χ1v) is 6.83. The predicted molar refractivity (Wildman–Crippen MR) is 74.7 cm³/mol. The van der Waals surface area contributed by atoms with Gasteiger partial charge < -0.3 is 10.1 Å². The van der Waals surface area contributed by atoms with E-state index in [0.717, 1.165) is 16.0 Å². The summed E-state index contributed by atoms with van der Waals surface area (Å²) in [6.45, 7) is 4.18. The molecule has 4 nitrogen and oxygen atoms in total. The van der Waals surface area contributed by atoms with Crippen molar-refractivity contribution in [2.24, 2.45) is 0 Å². The fraction of sp³-hybridized carbons (Fsp3) is 0.333. The van der Waals surface area contributed by atoms with E-state index < -0.39 is 5.38 Å². The Hall–Kier alpha value is -1.33. The number of aromatic nitrogens is 1. The van der Waals surface area contributed by atoms with Crippen molar-refractivity contribution in [3.8, 4) is 5.75 Å². The maximum absolute atomic E-state index is 11.5. The second kappa shape index (κ2) is 5.54. The standard InChI is InChI=1S/C12H13ClN2O2S/c1-3-17-8-4-5-9-10(6-8)18-12(14-9)15-11(16)7(2)13/h4-7H,3H2,1-2H3,(H,14,15,16). The number of halogens is 1. The minimum atomic E-state index is -0.573. The highest BCUT2D eigenvalue weighted by Gasteiger charge is 2.12. The zero-order valence-corrected chi connectivity index (χ0v) is 11.6. The maximum atomic E-state index is 11.5. The summed E-state index contributed by atoms with van der Waals surface area (Å²) in [6, 6.07) is 5.65. The third-order valence-corrected chi connectivity index (χ3v) is 3.39. The van der Waals surface area contributed by atoms with Crippen molar-refractivity contribution in [2.45, 2.75) is 19.2 Å². The molecular formula is C12H13ClN2O2S. The molecule has 0 saturated carbocycles. The summed E-state index contributed by atoms with van der Waals surface area (Å²) in [5, 5.41) is 2.66. The molecule has 0 saturated heterocycles. The second-order valence-electron chi connectivity index (χ2n) is 3.69. The van der Waals surface area contributed by atoms with E-state index in [1.165, 1.54) is 11.3 Å². The topological polar surface area (TPSA) is 51.2 Å². The van der Waals surface area contributed by atoms with E-state index in [1.807, 2.05) is 25.1 Å². The molecule has 0 aliphatic heterocycles. The Labute approximate surface area is 114 Å². The van der Waals surface area contributed by atoms with E-state index in [-0.39, 0.29) is 5.91 Å². The smallest absolute Gasteiger partial charge is 0.243 e. The van der Waals surface area contributed by atoms with Gasteiger partial charge in [0.2, 0.25) is 5.91 Å². The minimum Gasteiger partial charge on any atom is -0.494 e. The van der Waals surface area contributed by atoms with Gasteiger partial charge in [-0.3, -0.25) is 4.79 Å².